The number of rotatable bonds is 4. The molecule has 8 nitrogen and oxygen atoms in total. The molecule has 0 atom stereocenters. The Morgan fingerprint density at radius 1 is 1.24 bits per heavy atom. The van der Waals surface area contributed by atoms with E-state index in [1.165, 1.54) is 29.2 Å². The molecule has 0 radical (unpaired) electrons. The van der Waals surface area contributed by atoms with Gasteiger partial charge in [-0.2, -0.15) is 0 Å². The summed E-state index contributed by atoms with van der Waals surface area (Å²) in [6.45, 7) is 5.99. The lowest BCUT2D eigenvalue weighted by molar-refractivity contribution is -0.384. The number of non-ortho nitro benzene ring substituents is 1. The third-order valence-corrected chi connectivity index (χ3v) is 5.18. The smallest absolute Gasteiger partial charge is 0.409 e. The Kier molecular flexibility index (Phi) is 5.97. The Labute approximate surface area is 171 Å². The summed E-state index contributed by atoms with van der Waals surface area (Å²) in [5.41, 5.74) is 2.56. The van der Waals surface area contributed by atoms with Crippen molar-refractivity contribution >= 4 is 40.3 Å². The molecular formula is C20H19N3O5S. The normalized spacial score (nSPS) is 15.2. The predicted molar refractivity (Wildman–Crippen MR) is 112 cm³/mol. The van der Waals surface area contributed by atoms with E-state index in [1.807, 2.05) is 39.0 Å². The van der Waals surface area contributed by atoms with Gasteiger partial charge in [-0.25, -0.2) is 4.79 Å². The molecule has 1 saturated heterocycles. The number of hydrogen-bond acceptors (Lipinski definition) is 6. The Morgan fingerprint density at radius 2 is 1.93 bits per heavy atom. The van der Waals surface area contributed by atoms with Crippen molar-refractivity contribution in [2.45, 2.75) is 26.7 Å². The monoisotopic (exact) mass is 413 g/mol. The first-order valence-corrected chi connectivity index (χ1v) is 9.86. The van der Waals surface area contributed by atoms with Crippen LogP contribution in [0.5, 0.6) is 5.75 Å². The fraction of sp³-hybridized carbons (Fsp3) is 0.250. The van der Waals surface area contributed by atoms with Crippen LogP contribution in [0.15, 0.2) is 47.5 Å². The van der Waals surface area contributed by atoms with Crippen LogP contribution in [0.3, 0.4) is 0 Å². The first-order valence-electron chi connectivity index (χ1n) is 8.87. The lowest BCUT2D eigenvalue weighted by atomic mass is 9.99. The number of aliphatic imine (C=N–C) groups is 1. The van der Waals surface area contributed by atoms with E-state index in [-0.39, 0.29) is 34.2 Å². The van der Waals surface area contributed by atoms with Crippen LogP contribution in [-0.4, -0.2) is 27.8 Å². The Morgan fingerprint density at radius 3 is 2.55 bits per heavy atom. The average molecular weight is 413 g/mol. The van der Waals surface area contributed by atoms with Crippen molar-refractivity contribution in [3.05, 3.63) is 63.7 Å². The van der Waals surface area contributed by atoms with Crippen LogP contribution in [0.4, 0.5) is 16.2 Å². The number of thioether (sulfide) groups is 1. The van der Waals surface area contributed by atoms with Gasteiger partial charge in [-0.15, -0.1) is 4.99 Å². The number of carbonyl (C=O) groups is 2. The van der Waals surface area contributed by atoms with Gasteiger partial charge in [0.1, 0.15) is 5.75 Å². The summed E-state index contributed by atoms with van der Waals surface area (Å²) in [4.78, 5) is 40.3. The highest BCUT2D eigenvalue weighted by atomic mass is 32.2. The van der Waals surface area contributed by atoms with Gasteiger partial charge in [0.25, 0.3) is 5.69 Å². The van der Waals surface area contributed by atoms with Crippen molar-refractivity contribution in [3.63, 3.8) is 0 Å². The number of nitro benzene ring substituents is 1. The van der Waals surface area contributed by atoms with Gasteiger partial charge in [-0.1, -0.05) is 37.7 Å². The van der Waals surface area contributed by atoms with E-state index >= 15 is 0 Å². The largest absolute Gasteiger partial charge is 0.441 e. The number of carbonyl (C=O) groups excluding carboxylic acids is 2. The molecule has 0 N–H and O–H groups in total. The molecular weight excluding hydrogens is 394 g/mol. The summed E-state index contributed by atoms with van der Waals surface area (Å²) in [5.74, 6) is 0.320. The second kappa shape index (κ2) is 8.44. The molecule has 9 heteroatoms. The van der Waals surface area contributed by atoms with Crippen LogP contribution >= 0.6 is 11.8 Å². The molecule has 2 aromatic carbocycles. The third-order valence-electron chi connectivity index (χ3n) is 4.25. The third kappa shape index (κ3) is 4.62. The minimum absolute atomic E-state index is 0.111. The maximum atomic E-state index is 12.5. The van der Waals surface area contributed by atoms with E-state index in [9.17, 15) is 19.7 Å². The molecule has 0 bridgehead atoms. The SMILES string of the molecule is Cc1ccc(C(C)C)c(N2C(=O)CSC2=NC(=O)Oc2ccc([N+](=O)[O-])cc2)c1. The molecule has 1 aliphatic rings. The molecule has 1 aliphatic heterocycles. The summed E-state index contributed by atoms with van der Waals surface area (Å²) in [5, 5.41) is 10.9. The van der Waals surface area contributed by atoms with Crippen LogP contribution < -0.4 is 9.64 Å². The van der Waals surface area contributed by atoms with Crippen LogP contribution in [0.2, 0.25) is 0 Å². The fourth-order valence-corrected chi connectivity index (χ4v) is 3.70. The topological polar surface area (TPSA) is 102 Å². The summed E-state index contributed by atoms with van der Waals surface area (Å²) >= 11 is 1.16. The quantitative estimate of drug-likeness (QED) is 0.533. The van der Waals surface area contributed by atoms with Gasteiger partial charge in [-0.3, -0.25) is 19.8 Å². The highest BCUT2D eigenvalue weighted by Gasteiger charge is 2.32. The van der Waals surface area contributed by atoms with Gasteiger partial charge in [-0.05, 0) is 42.2 Å². The Balaban J connectivity index is 1.86. The average Bonchev–Trinajstić information content (AvgIpc) is 3.01. The zero-order chi connectivity index (χ0) is 21.1. The molecule has 0 spiro atoms. The summed E-state index contributed by atoms with van der Waals surface area (Å²) in [6, 6.07) is 11.0. The maximum absolute atomic E-state index is 12.5. The zero-order valence-electron chi connectivity index (χ0n) is 16.1. The van der Waals surface area contributed by atoms with Crippen molar-refractivity contribution in [3.8, 4) is 5.75 Å². The molecule has 0 saturated carbocycles. The molecule has 1 heterocycles. The van der Waals surface area contributed by atoms with E-state index in [4.69, 9.17) is 4.74 Å². The number of nitrogens with zero attached hydrogens (tertiary/aromatic N) is 3. The molecule has 0 aliphatic carbocycles. The number of ether oxygens (including phenoxy) is 1. The van der Waals surface area contributed by atoms with Gasteiger partial charge in [0.05, 0.1) is 16.4 Å². The van der Waals surface area contributed by atoms with E-state index < -0.39 is 11.0 Å². The van der Waals surface area contributed by atoms with E-state index in [0.717, 1.165) is 22.9 Å². The molecule has 1 fully saturated rings. The van der Waals surface area contributed by atoms with E-state index in [2.05, 4.69) is 4.99 Å². The highest BCUT2D eigenvalue weighted by Crippen LogP contribution is 2.34. The predicted octanol–water partition coefficient (Wildman–Crippen LogP) is 4.66. The Hall–Kier alpha value is -3.20. The molecule has 3 rings (SSSR count). The number of benzene rings is 2. The standard InChI is InChI=1S/C20H19N3O5S/c1-12(2)16-9-4-13(3)10-17(16)22-18(24)11-29-19(22)21-20(25)28-15-7-5-14(6-8-15)23(26)27/h4-10,12H,11H2,1-3H3. The molecule has 2 aromatic rings. The second-order valence-corrected chi connectivity index (χ2v) is 7.69. The highest BCUT2D eigenvalue weighted by molar-refractivity contribution is 8.15. The molecule has 0 unspecified atom stereocenters. The second-order valence-electron chi connectivity index (χ2n) is 6.75. The van der Waals surface area contributed by atoms with Crippen LogP contribution in [0.25, 0.3) is 0 Å². The number of anilines is 1. The van der Waals surface area contributed by atoms with Crippen molar-refractivity contribution in [1.29, 1.82) is 0 Å². The van der Waals surface area contributed by atoms with E-state index in [1.54, 1.807) is 0 Å². The summed E-state index contributed by atoms with van der Waals surface area (Å²) in [7, 11) is 0. The molecule has 0 aromatic heterocycles. The van der Waals surface area contributed by atoms with Gasteiger partial charge in [0.15, 0.2) is 5.17 Å². The lowest BCUT2D eigenvalue weighted by Gasteiger charge is -2.22. The van der Waals surface area contributed by atoms with Crippen molar-refractivity contribution in [2.24, 2.45) is 4.99 Å². The molecule has 29 heavy (non-hydrogen) atoms. The summed E-state index contributed by atoms with van der Waals surface area (Å²) in [6.07, 6.45) is -0.903. The molecule has 150 valence electrons. The number of amides is 2. The first-order chi connectivity index (χ1) is 13.8. The number of amidine groups is 1. The van der Waals surface area contributed by atoms with Gasteiger partial charge >= 0.3 is 6.09 Å². The maximum Gasteiger partial charge on any atom is 0.441 e. The first kappa shape index (κ1) is 20.5. The van der Waals surface area contributed by atoms with Gasteiger partial charge < -0.3 is 4.74 Å². The minimum atomic E-state index is -0.903. The lowest BCUT2D eigenvalue weighted by Crippen LogP contribution is -2.31. The van der Waals surface area contributed by atoms with Gasteiger partial charge in [0.2, 0.25) is 5.91 Å². The van der Waals surface area contributed by atoms with Crippen LogP contribution in [-0.2, 0) is 4.79 Å². The zero-order valence-corrected chi connectivity index (χ0v) is 16.9. The number of nitro groups is 1. The van der Waals surface area contributed by atoms with Crippen molar-refractivity contribution < 1.29 is 19.2 Å². The van der Waals surface area contributed by atoms with Crippen LogP contribution in [0.1, 0.15) is 30.9 Å². The van der Waals surface area contributed by atoms with Crippen molar-refractivity contribution in [2.75, 3.05) is 10.7 Å². The molecule has 2 amide bonds. The summed E-state index contributed by atoms with van der Waals surface area (Å²) < 4.78 is 5.13. The number of hydrogen-bond donors (Lipinski definition) is 0. The van der Waals surface area contributed by atoms with Crippen LogP contribution in [0, 0.1) is 17.0 Å². The Bertz CT molecular complexity index is 1000. The van der Waals surface area contributed by atoms with Gasteiger partial charge in [0, 0.05) is 12.1 Å². The fourth-order valence-electron chi connectivity index (χ4n) is 2.85. The number of aryl methyl sites for hydroxylation is 1. The van der Waals surface area contributed by atoms with E-state index in [0.29, 0.717) is 5.69 Å². The van der Waals surface area contributed by atoms with Crippen molar-refractivity contribution in [1.82, 2.24) is 0 Å². The minimum Gasteiger partial charge on any atom is -0.409 e.